The Hall–Kier alpha value is -2.53. The fourth-order valence-electron chi connectivity index (χ4n) is 2.38. The highest BCUT2D eigenvalue weighted by Gasteiger charge is 2.15. The van der Waals surface area contributed by atoms with Crippen molar-refractivity contribution >= 4 is 34.8 Å². The molecule has 2 rings (SSSR count). The first-order valence-corrected chi connectivity index (χ1v) is 8.60. The van der Waals surface area contributed by atoms with Crippen molar-refractivity contribution in [3.8, 4) is 5.75 Å². The van der Waals surface area contributed by atoms with E-state index < -0.39 is 11.8 Å². The number of rotatable bonds is 5. The summed E-state index contributed by atoms with van der Waals surface area (Å²) < 4.78 is 5.17. The Bertz CT molecular complexity index is 796. The largest absolute Gasteiger partial charge is 0.495 e. The minimum Gasteiger partial charge on any atom is -0.495 e. The molecule has 2 amide bonds. The number of nitrogens with one attached hydrogen (secondary N) is 2. The molecule has 0 fully saturated rings. The van der Waals surface area contributed by atoms with E-state index >= 15 is 0 Å². The van der Waals surface area contributed by atoms with Gasteiger partial charge in [-0.15, -0.1) is 0 Å². The Kier molecular flexibility index (Phi) is 6.27. The van der Waals surface area contributed by atoms with Gasteiger partial charge >= 0.3 is 0 Å². The van der Waals surface area contributed by atoms with E-state index in [1.807, 2.05) is 24.3 Å². The molecule has 0 aliphatic rings. The number of hydrogen-bond acceptors (Lipinski definition) is 3. The van der Waals surface area contributed by atoms with Crippen molar-refractivity contribution in [3.63, 3.8) is 0 Å². The predicted octanol–water partition coefficient (Wildman–Crippen LogP) is 4.61. The molecular weight excluding hydrogens is 352 g/mol. The number of hydrogen-bond donors (Lipinski definition) is 2. The van der Waals surface area contributed by atoms with Gasteiger partial charge in [0.1, 0.15) is 12.2 Å². The van der Waals surface area contributed by atoms with E-state index in [4.69, 9.17) is 16.3 Å². The van der Waals surface area contributed by atoms with Gasteiger partial charge in [0.15, 0.2) is 0 Å². The first-order chi connectivity index (χ1) is 12.2. The lowest BCUT2D eigenvalue weighted by molar-refractivity contribution is -0.123. The number of amides is 2. The number of anilines is 2. The topological polar surface area (TPSA) is 67.4 Å². The van der Waals surface area contributed by atoms with Crippen LogP contribution in [-0.4, -0.2) is 18.9 Å². The number of halogens is 1. The van der Waals surface area contributed by atoms with Crippen molar-refractivity contribution < 1.29 is 14.3 Å². The molecule has 6 heteroatoms. The van der Waals surface area contributed by atoms with E-state index in [2.05, 4.69) is 31.4 Å². The number of benzene rings is 2. The zero-order chi connectivity index (χ0) is 19.3. The van der Waals surface area contributed by atoms with E-state index in [1.165, 1.54) is 12.7 Å². The maximum Gasteiger partial charge on any atom is 0.233 e. The maximum absolute atomic E-state index is 12.1. The summed E-state index contributed by atoms with van der Waals surface area (Å²) in [5.74, 6) is -0.373. The van der Waals surface area contributed by atoms with Gasteiger partial charge in [-0.2, -0.15) is 0 Å². The quantitative estimate of drug-likeness (QED) is 0.751. The third-order valence-electron chi connectivity index (χ3n) is 3.79. The van der Waals surface area contributed by atoms with Crippen LogP contribution in [0.3, 0.4) is 0 Å². The van der Waals surface area contributed by atoms with Crippen LogP contribution in [0.4, 0.5) is 11.4 Å². The molecule has 2 N–H and O–H groups in total. The lowest BCUT2D eigenvalue weighted by atomic mass is 9.87. The molecular formula is C20H23ClN2O3. The normalized spacial score (nSPS) is 11.0. The highest BCUT2D eigenvalue weighted by Crippen LogP contribution is 2.28. The average Bonchev–Trinajstić information content (AvgIpc) is 2.54. The van der Waals surface area contributed by atoms with Crippen molar-refractivity contribution in [1.29, 1.82) is 0 Å². The number of carbonyl (C=O) groups excluding carboxylic acids is 2. The van der Waals surface area contributed by atoms with Crippen LogP contribution in [0.15, 0.2) is 42.5 Å². The number of methoxy groups -OCH3 is 1. The Labute approximate surface area is 158 Å². The minimum absolute atomic E-state index is 0.0401. The lowest BCUT2D eigenvalue weighted by Crippen LogP contribution is -2.21. The molecule has 0 aromatic heterocycles. The number of carbonyl (C=O) groups is 2. The van der Waals surface area contributed by atoms with Crippen LogP contribution in [0, 0.1) is 0 Å². The summed E-state index contributed by atoms with van der Waals surface area (Å²) in [4.78, 5) is 24.2. The first-order valence-electron chi connectivity index (χ1n) is 8.23. The average molecular weight is 375 g/mol. The van der Waals surface area contributed by atoms with Crippen LogP contribution in [0.1, 0.15) is 32.8 Å². The first kappa shape index (κ1) is 19.8. The van der Waals surface area contributed by atoms with Gasteiger partial charge < -0.3 is 15.4 Å². The van der Waals surface area contributed by atoms with Gasteiger partial charge in [-0.1, -0.05) is 44.5 Å². The molecule has 26 heavy (non-hydrogen) atoms. The second-order valence-corrected chi connectivity index (χ2v) is 7.38. The molecule has 0 heterocycles. The van der Waals surface area contributed by atoms with E-state index in [9.17, 15) is 9.59 Å². The summed E-state index contributed by atoms with van der Waals surface area (Å²) in [5, 5.41) is 5.82. The predicted molar refractivity (Wildman–Crippen MR) is 105 cm³/mol. The molecule has 5 nitrogen and oxygen atoms in total. The van der Waals surface area contributed by atoms with Gasteiger partial charge in [-0.25, -0.2) is 0 Å². The summed E-state index contributed by atoms with van der Waals surface area (Å²) in [6.45, 7) is 6.36. The summed E-state index contributed by atoms with van der Waals surface area (Å²) >= 11 is 5.93. The summed E-state index contributed by atoms with van der Waals surface area (Å²) in [7, 11) is 1.49. The molecule has 0 aliphatic heterocycles. The fourth-order valence-corrected chi connectivity index (χ4v) is 2.55. The van der Waals surface area contributed by atoms with Gasteiger partial charge in [0.2, 0.25) is 11.8 Å². The molecule has 0 radical (unpaired) electrons. The van der Waals surface area contributed by atoms with Gasteiger partial charge in [0, 0.05) is 10.7 Å². The summed E-state index contributed by atoms with van der Waals surface area (Å²) in [6, 6.07) is 12.5. The Morgan fingerprint density at radius 2 is 1.62 bits per heavy atom. The minimum atomic E-state index is -0.450. The third-order valence-corrected chi connectivity index (χ3v) is 4.03. The highest BCUT2D eigenvalue weighted by atomic mass is 35.5. The van der Waals surface area contributed by atoms with E-state index in [-0.39, 0.29) is 11.8 Å². The molecule has 0 spiro atoms. The van der Waals surface area contributed by atoms with E-state index in [1.54, 1.807) is 18.2 Å². The molecule has 0 aliphatic carbocycles. The molecule has 138 valence electrons. The second kappa shape index (κ2) is 8.23. The molecule has 2 aromatic carbocycles. The molecule has 0 unspecified atom stereocenters. The molecule has 0 saturated heterocycles. The summed E-state index contributed by atoms with van der Waals surface area (Å²) in [6.07, 6.45) is -0.309. The van der Waals surface area contributed by atoms with Gasteiger partial charge in [-0.3, -0.25) is 9.59 Å². The van der Waals surface area contributed by atoms with Crippen LogP contribution in [0.25, 0.3) is 0 Å². The Morgan fingerprint density at radius 1 is 1.00 bits per heavy atom. The van der Waals surface area contributed by atoms with Crippen LogP contribution in [0.2, 0.25) is 5.02 Å². The van der Waals surface area contributed by atoms with Crippen LogP contribution < -0.4 is 15.4 Å². The third kappa shape index (κ3) is 5.49. The summed E-state index contributed by atoms with van der Waals surface area (Å²) in [5.41, 5.74) is 2.28. The maximum atomic E-state index is 12.1. The van der Waals surface area contributed by atoms with Crippen LogP contribution >= 0.6 is 11.6 Å². The highest BCUT2D eigenvalue weighted by molar-refractivity contribution is 6.31. The van der Waals surface area contributed by atoms with Crippen molar-refractivity contribution in [3.05, 3.63) is 53.1 Å². The smallest absolute Gasteiger partial charge is 0.233 e. The van der Waals surface area contributed by atoms with Crippen LogP contribution in [-0.2, 0) is 15.0 Å². The van der Waals surface area contributed by atoms with Crippen molar-refractivity contribution in [2.24, 2.45) is 0 Å². The van der Waals surface area contributed by atoms with E-state index in [0.717, 1.165) is 0 Å². The Balaban J connectivity index is 1.95. The fraction of sp³-hybridized carbons (Fsp3) is 0.300. The zero-order valence-corrected chi connectivity index (χ0v) is 16.1. The van der Waals surface area contributed by atoms with Gasteiger partial charge in [0.25, 0.3) is 0 Å². The standard InChI is InChI=1S/C20H23ClN2O3/c1-20(2,3)13-5-8-15(9-6-13)22-18(24)12-19(25)23-16-11-14(21)7-10-17(16)26-4/h5-11H,12H2,1-4H3,(H,22,24)(H,23,25). The molecule has 0 bridgehead atoms. The molecule has 0 saturated carbocycles. The lowest BCUT2D eigenvalue weighted by Gasteiger charge is -2.19. The van der Waals surface area contributed by atoms with Crippen LogP contribution in [0.5, 0.6) is 5.75 Å². The monoisotopic (exact) mass is 374 g/mol. The molecule has 2 aromatic rings. The zero-order valence-electron chi connectivity index (χ0n) is 15.4. The van der Waals surface area contributed by atoms with Crippen molar-refractivity contribution in [2.45, 2.75) is 32.6 Å². The van der Waals surface area contributed by atoms with Crippen molar-refractivity contribution in [1.82, 2.24) is 0 Å². The van der Waals surface area contributed by atoms with E-state index in [0.29, 0.717) is 22.1 Å². The van der Waals surface area contributed by atoms with Crippen molar-refractivity contribution in [2.75, 3.05) is 17.7 Å². The Morgan fingerprint density at radius 3 is 2.19 bits per heavy atom. The SMILES string of the molecule is COc1ccc(Cl)cc1NC(=O)CC(=O)Nc1ccc(C(C)(C)C)cc1. The molecule has 0 atom stereocenters. The van der Waals surface area contributed by atoms with Gasteiger partial charge in [-0.05, 0) is 41.3 Å². The van der Waals surface area contributed by atoms with Gasteiger partial charge in [0.05, 0.1) is 12.8 Å². The second-order valence-electron chi connectivity index (χ2n) is 6.95. The number of ether oxygens (including phenoxy) is 1.